The van der Waals surface area contributed by atoms with Gasteiger partial charge in [-0.1, -0.05) is 11.6 Å². The van der Waals surface area contributed by atoms with Gasteiger partial charge < -0.3 is 14.8 Å². The molecule has 106 valence electrons. The van der Waals surface area contributed by atoms with E-state index in [1.165, 1.54) is 18.2 Å². The number of furan rings is 1. The van der Waals surface area contributed by atoms with Crippen molar-refractivity contribution in [3.63, 3.8) is 0 Å². The van der Waals surface area contributed by atoms with Crippen LogP contribution in [0.15, 0.2) is 41.0 Å². The van der Waals surface area contributed by atoms with E-state index >= 15 is 0 Å². The van der Waals surface area contributed by atoms with Crippen LogP contribution in [0.2, 0.25) is 5.02 Å². The Morgan fingerprint density at radius 1 is 1.45 bits per heavy atom. The fourth-order valence-corrected chi connectivity index (χ4v) is 2.05. The van der Waals surface area contributed by atoms with Gasteiger partial charge in [0.15, 0.2) is 0 Å². The van der Waals surface area contributed by atoms with Crippen LogP contribution in [0.25, 0.3) is 0 Å². The maximum absolute atomic E-state index is 12.0. The summed E-state index contributed by atoms with van der Waals surface area (Å²) in [6, 6.07) is 8.09. The molecule has 0 fully saturated rings. The molecule has 4 nitrogen and oxygen atoms in total. The van der Waals surface area contributed by atoms with Crippen molar-refractivity contribution in [2.45, 2.75) is 25.8 Å². The predicted octanol–water partition coefficient (Wildman–Crippen LogP) is 3.39. The molecule has 0 aliphatic heterocycles. The summed E-state index contributed by atoms with van der Waals surface area (Å²) in [5.74, 6) is 0.471. The van der Waals surface area contributed by atoms with E-state index in [9.17, 15) is 9.90 Å². The minimum Gasteiger partial charge on any atom is -0.507 e. The minimum absolute atomic E-state index is 0.0361. The number of hydrogen-bond donors (Lipinski definition) is 2. The molecular formula is C15H16ClNO3. The molecule has 2 aromatic rings. The highest BCUT2D eigenvalue weighted by atomic mass is 35.5. The summed E-state index contributed by atoms with van der Waals surface area (Å²) < 4.78 is 5.24. The number of aromatic hydroxyl groups is 1. The average Bonchev–Trinajstić information content (AvgIpc) is 2.92. The van der Waals surface area contributed by atoms with Crippen LogP contribution in [0.3, 0.4) is 0 Å². The van der Waals surface area contributed by atoms with Crippen molar-refractivity contribution < 1.29 is 14.3 Å². The fraction of sp³-hybridized carbons (Fsp3) is 0.267. The molecule has 1 aromatic heterocycles. The van der Waals surface area contributed by atoms with Gasteiger partial charge in [0.1, 0.15) is 11.5 Å². The van der Waals surface area contributed by atoms with E-state index in [0.717, 1.165) is 18.6 Å². The van der Waals surface area contributed by atoms with Gasteiger partial charge in [-0.05, 0) is 43.7 Å². The molecule has 1 amide bonds. The molecule has 0 radical (unpaired) electrons. The zero-order valence-corrected chi connectivity index (χ0v) is 11.9. The van der Waals surface area contributed by atoms with Crippen LogP contribution in [0, 0.1) is 0 Å². The summed E-state index contributed by atoms with van der Waals surface area (Å²) in [5, 5.41) is 12.9. The molecule has 1 atom stereocenters. The second-order valence-corrected chi connectivity index (χ2v) is 5.09. The summed E-state index contributed by atoms with van der Waals surface area (Å²) in [7, 11) is 0. The van der Waals surface area contributed by atoms with Crippen LogP contribution in [0.5, 0.6) is 5.75 Å². The molecule has 0 saturated heterocycles. The van der Waals surface area contributed by atoms with Crippen LogP contribution in [0.4, 0.5) is 0 Å². The van der Waals surface area contributed by atoms with Crippen molar-refractivity contribution >= 4 is 17.5 Å². The van der Waals surface area contributed by atoms with Crippen LogP contribution in [-0.2, 0) is 6.42 Å². The molecule has 0 spiro atoms. The lowest BCUT2D eigenvalue weighted by Gasteiger charge is -2.14. The van der Waals surface area contributed by atoms with Gasteiger partial charge in [0, 0.05) is 17.5 Å². The number of phenols is 1. The third kappa shape index (κ3) is 3.78. The molecule has 0 aliphatic rings. The maximum atomic E-state index is 12.0. The third-order valence-corrected chi connectivity index (χ3v) is 3.22. The van der Waals surface area contributed by atoms with E-state index in [4.69, 9.17) is 16.0 Å². The number of carbonyl (C=O) groups excluding carboxylic acids is 1. The number of hydrogen-bond acceptors (Lipinski definition) is 3. The molecule has 0 aliphatic carbocycles. The molecule has 0 bridgehead atoms. The summed E-state index contributed by atoms with van der Waals surface area (Å²) in [5.41, 5.74) is 0.183. The van der Waals surface area contributed by atoms with Crippen LogP contribution < -0.4 is 5.32 Å². The molecule has 1 aromatic carbocycles. The normalized spacial score (nSPS) is 12.1. The molecule has 2 N–H and O–H groups in total. The predicted molar refractivity (Wildman–Crippen MR) is 77.1 cm³/mol. The van der Waals surface area contributed by atoms with Crippen molar-refractivity contribution in [2.75, 3.05) is 0 Å². The van der Waals surface area contributed by atoms with Crippen molar-refractivity contribution in [1.82, 2.24) is 5.32 Å². The summed E-state index contributed by atoms with van der Waals surface area (Å²) in [6.45, 7) is 1.91. The first-order valence-corrected chi connectivity index (χ1v) is 6.76. The fourth-order valence-electron chi connectivity index (χ4n) is 1.88. The van der Waals surface area contributed by atoms with E-state index in [2.05, 4.69) is 5.32 Å². The lowest BCUT2D eigenvalue weighted by Crippen LogP contribution is -2.32. The number of halogens is 1. The van der Waals surface area contributed by atoms with Gasteiger partial charge in [-0.15, -0.1) is 0 Å². The largest absolute Gasteiger partial charge is 0.507 e. The van der Waals surface area contributed by atoms with E-state index < -0.39 is 0 Å². The van der Waals surface area contributed by atoms with Crippen molar-refractivity contribution in [1.29, 1.82) is 0 Å². The third-order valence-electron chi connectivity index (χ3n) is 2.98. The Kier molecular flexibility index (Phi) is 4.69. The molecule has 1 unspecified atom stereocenters. The smallest absolute Gasteiger partial charge is 0.255 e. The number of rotatable bonds is 5. The number of benzene rings is 1. The van der Waals surface area contributed by atoms with Crippen LogP contribution in [-0.4, -0.2) is 17.1 Å². The Hall–Kier alpha value is -1.94. The Labute approximate surface area is 122 Å². The monoisotopic (exact) mass is 293 g/mol. The van der Waals surface area contributed by atoms with Gasteiger partial charge in [-0.3, -0.25) is 4.79 Å². The molecule has 20 heavy (non-hydrogen) atoms. The highest BCUT2D eigenvalue weighted by Gasteiger charge is 2.14. The first kappa shape index (κ1) is 14.5. The number of amides is 1. The topological polar surface area (TPSA) is 62.5 Å². The second-order valence-electron chi connectivity index (χ2n) is 4.65. The molecule has 0 saturated carbocycles. The lowest BCUT2D eigenvalue weighted by molar-refractivity contribution is 0.0935. The van der Waals surface area contributed by atoms with Gasteiger partial charge in [0.05, 0.1) is 11.8 Å². The highest BCUT2D eigenvalue weighted by Crippen LogP contribution is 2.21. The van der Waals surface area contributed by atoms with Crippen molar-refractivity contribution in [3.8, 4) is 5.75 Å². The van der Waals surface area contributed by atoms with Gasteiger partial charge in [0.25, 0.3) is 5.91 Å². The van der Waals surface area contributed by atoms with Crippen LogP contribution >= 0.6 is 11.6 Å². The first-order chi connectivity index (χ1) is 9.56. The highest BCUT2D eigenvalue weighted by molar-refractivity contribution is 6.31. The quantitative estimate of drug-likeness (QED) is 0.888. The van der Waals surface area contributed by atoms with Gasteiger partial charge in [-0.2, -0.15) is 0 Å². The Morgan fingerprint density at radius 3 is 2.95 bits per heavy atom. The standard InChI is InChI=1S/C15H16ClNO3/c1-10(4-6-12-3-2-8-20-12)17-15(19)13-9-11(16)5-7-14(13)18/h2-3,5,7-10,18H,4,6H2,1H3,(H,17,19). The van der Waals surface area contributed by atoms with E-state index in [1.54, 1.807) is 6.26 Å². The van der Waals surface area contributed by atoms with Crippen molar-refractivity contribution in [3.05, 3.63) is 52.9 Å². The minimum atomic E-state index is -0.336. The van der Waals surface area contributed by atoms with Crippen molar-refractivity contribution in [2.24, 2.45) is 0 Å². The zero-order chi connectivity index (χ0) is 14.5. The Morgan fingerprint density at radius 2 is 2.25 bits per heavy atom. The molecule has 2 rings (SSSR count). The zero-order valence-electron chi connectivity index (χ0n) is 11.1. The average molecular weight is 294 g/mol. The number of carbonyl (C=O) groups is 1. The summed E-state index contributed by atoms with van der Waals surface area (Å²) in [4.78, 5) is 12.0. The SMILES string of the molecule is CC(CCc1ccco1)NC(=O)c1cc(Cl)ccc1O. The van der Waals surface area contributed by atoms with Crippen LogP contribution in [0.1, 0.15) is 29.5 Å². The summed E-state index contributed by atoms with van der Waals surface area (Å²) >= 11 is 5.82. The Bertz CT molecular complexity index is 581. The molecular weight excluding hydrogens is 278 g/mol. The lowest BCUT2D eigenvalue weighted by atomic mass is 10.1. The van der Waals surface area contributed by atoms with E-state index in [1.807, 2.05) is 19.1 Å². The number of nitrogens with one attached hydrogen (secondary N) is 1. The first-order valence-electron chi connectivity index (χ1n) is 6.38. The van der Waals surface area contributed by atoms with Gasteiger partial charge in [-0.25, -0.2) is 0 Å². The molecule has 5 heteroatoms. The maximum Gasteiger partial charge on any atom is 0.255 e. The number of phenolic OH excluding ortho intramolecular Hbond substituents is 1. The van der Waals surface area contributed by atoms with Gasteiger partial charge in [0.2, 0.25) is 0 Å². The number of aryl methyl sites for hydroxylation is 1. The summed E-state index contributed by atoms with van der Waals surface area (Å²) in [6.07, 6.45) is 3.12. The van der Waals surface area contributed by atoms with E-state index in [-0.39, 0.29) is 23.3 Å². The van der Waals surface area contributed by atoms with E-state index in [0.29, 0.717) is 5.02 Å². The Balaban J connectivity index is 1.91. The molecule has 1 heterocycles. The van der Waals surface area contributed by atoms with Gasteiger partial charge >= 0.3 is 0 Å². The second kappa shape index (κ2) is 6.48.